The van der Waals surface area contributed by atoms with E-state index in [1.54, 1.807) is 13.0 Å². The summed E-state index contributed by atoms with van der Waals surface area (Å²) in [4.78, 5) is 0. The molecule has 2 rings (SSSR count). The highest BCUT2D eigenvalue weighted by Gasteiger charge is 2.48. The summed E-state index contributed by atoms with van der Waals surface area (Å²) in [6, 6.07) is 0. The van der Waals surface area contributed by atoms with Gasteiger partial charge in [-0.15, -0.1) is 0 Å². The Bertz CT molecular complexity index is 436. The average molecular weight is 332 g/mol. The molecule has 7 nitrogen and oxygen atoms in total. The van der Waals surface area contributed by atoms with Gasteiger partial charge in [0.15, 0.2) is 6.29 Å². The monoisotopic (exact) mass is 332 g/mol. The Morgan fingerprint density at radius 2 is 1.87 bits per heavy atom. The summed E-state index contributed by atoms with van der Waals surface area (Å²) in [5.41, 5.74) is 0.166. The van der Waals surface area contributed by atoms with E-state index < -0.39 is 49.0 Å². The van der Waals surface area contributed by atoms with Crippen molar-refractivity contribution in [1.29, 1.82) is 0 Å². The van der Waals surface area contributed by atoms with E-state index in [9.17, 15) is 25.5 Å². The van der Waals surface area contributed by atoms with Crippen molar-refractivity contribution in [1.82, 2.24) is 0 Å². The summed E-state index contributed by atoms with van der Waals surface area (Å²) in [6.45, 7) is 5.31. The predicted molar refractivity (Wildman–Crippen MR) is 81.4 cm³/mol. The van der Waals surface area contributed by atoms with Crippen LogP contribution < -0.4 is 0 Å². The number of hydrogen-bond donors (Lipinski definition) is 5. The van der Waals surface area contributed by atoms with Crippen molar-refractivity contribution in [3.63, 3.8) is 0 Å². The van der Waals surface area contributed by atoms with Crippen molar-refractivity contribution in [2.45, 2.75) is 76.0 Å². The second kappa shape index (κ2) is 7.14. The molecule has 0 saturated carbocycles. The third-order valence-electron chi connectivity index (χ3n) is 4.88. The molecule has 7 heteroatoms. The smallest absolute Gasteiger partial charge is 0.187 e. The van der Waals surface area contributed by atoms with Gasteiger partial charge >= 0.3 is 0 Å². The molecule has 1 fully saturated rings. The van der Waals surface area contributed by atoms with Crippen molar-refractivity contribution in [2.24, 2.45) is 5.92 Å². The molecule has 0 spiro atoms. The highest BCUT2D eigenvalue weighted by molar-refractivity contribution is 5.17. The molecule has 0 amide bonds. The van der Waals surface area contributed by atoms with Crippen LogP contribution in [0.4, 0.5) is 0 Å². The lowest BCUT2D eigenvalue weighted by Gasteiger charge is -2.45. The molecule has 0 radical (unpaired) electrons. The Balaban J connectivity index is 2.11. The molecule has 0 unspecified atom stereocenters. The minimum atomic E-state index is -1.49. The summed E-state index contributed by atoms with van der Waals surface area (Å²) < 4.78 is 11.1. The van der Waals surface area contributed by atoms with Crippen molar-refractivity contribution >= 4 is 0 Å². The molecule has 2 aliphatic rings. The van der Waals surface area contributed by atoms with Crippen LogP contribution in [0, 0.1) is 5.92 Å². The SMILES string of the molecule is CC(C)C1=C[C@@H](O)[C@](C)(O[C@@H]2O[C@H](CO)[C@@H](O)[C@H](O)[C@H]2O)CC1. The van der Waals surface area contributed by atoms with Gasteiger partial charge in [0.25, 0.3) is 0 Å². The van der Waals surface area contributed by atoms with Crippen LogP contribution in [0.1, 0.15) is 33.6 Å². The van der Waals surface area contributed by atoms with E-state index in [0.717, 1.165) is 12.0 Å². The lowest BCUT2D eigenvalue weighted by atomic mass is 9.81. The van der Waals surface area contributed by atoms with Crippen LogP contribution in [0.5, 0.6) is 0 Å². The van der Waals surface area contributed by atoms with E-state index in [4.69, 9.17) is 9.47 Å². The molecule has 1 saturated heterocycles. The van der Waals surface area contributed by atoms with Gasteiger partial charge in [0.1, 0.15) is 30.5 Å². The Morgan fingerprint density at radius 1 is 1.22 bits per heavy atom. The topological polar surface area (TPSA) is 120 Å². The van der Waals surface area contributed by atoms with Crippen molar-refractivity contribution < 1.29 is 35.0 Å². The maximum atomic E-state index is 10.4. The molecular weight excluding hydrogens is 304 g/mol. The number of aliphatic hydroxyl groups is 5. The summed E-state index contributed by atoms with van der Waals surface area (Å²) in [5.74, 6) is 0.335. The minimum absolute atomic E-state index is 0.335. The van der Waals surface area contributed by atoms with E-state index in [-0.39, 0.29) is 0 Å². The number of ether oxygens (including phenoxy) is 2. The van der Waals surface area contributed by atoms with Crippen molar-refractivity contribution in [2.75, 3.05) is 6.61 Å². The molecular formula is C16H28O7. The summed E-state index contributed by atoms with van der Waals surface area (Å²) in [5, 5.41) is 49.3. The van der Waals surface area contributed by atoms with Crippen LogP contribution in [-0.4, -0.2) is 74.6 Å². The van der Waals surface area contributed by atoms with Gasteiger partial charge in [-0.2, -0.15) is 0 Å². The summed E-state index contributed by atoms with van der Waals surface area (Å²) >= 11 is 0. The average Bonchev–Trinajstić information content (AvgIpc) is 2.50. The second-order valence-corrected chi connectivity index (χ2v) is 6.97. The van der Waals surface area contributed by atoms with Gasteiger partial charge in [-0.25, -0.2) is 0 Å². The first-order valence-electron chi connectivity index (χ1n) is 8.06. The molecule has 1 aliphatic heterocycles. The largest absolute Gasteiger partial charge is 0.394 e. The molecule has 0 aromatic heterocycles. The molecule has 5 N–H and O–H groups in total. The summed E-state index contributed by atoms with van der Waals surface area (Å²) in [7, 11) is 0. The zero-order chi connectivity index (χ0) is 17.4. The van der Waals surface area contributed by atoms with Crippen LogP contribution in [0.25, 0.3) is 0 Å². The summed E-state index contributed by atoms with van der Waals surface area (Å²) in [6.07, 6.45) is -4.46. The second-order valence-electron chi connectivity index (χ2n) is 6.97. The molecule has 0 aromatic carbocycles. The zero-order valence-electron chi connectivity index (χ0n) is 13.8. The molecule has 0 aromatic rings. The van der Waals surface area contributed by atoms with Gasteiger partial charge in [0.05, 0.1) is 12.2 Å². The van der Waals surface area contributed by atoms with Crippen LogP contribution >= 0.6 is 0 Å². The van der Waals surface area contributed by atoms with Crippen LogP contribution in [0.15, 0.2) is 11.6 Å². The van der Waals surface area contributed by atoms with E-state index in [0.29, 0.717) is 12.3 Å². The Hall–Kier alpha value is -0.540. The lowest BCUT2D eigenvalue weighted by molar-refractivity contribution is -0.333. The first kappa shape index (κ1) is 18.8. The number of aliphatic hydroxyl groups excluding tert-OH is 5. The third kappa shape index (κ3) is 3.76. The Labute approximate surface area is 136 Å². The fourth-order valence-corrected chi connectivity index (χ4v) is 3.04. The molecule has 7 atom stereocenters. The quantitative estimate of drug-likeness (QED) is 0.432. The first-order valence-corrected chi connectivity index (χ1v) is 8.06. The Morgan fingerprint density at radius 3 is 2.39 bits per heavy atom. The van der Waals surface area contributed by atoms with Gasteiger partial charge in [0, 0.05) is 0 Å². The maximum Gasteiger partial charge on any atom is 0.187 e. The van der Waals surface area contributed by atoms with Crippen LogP contribution in [0.3, 0.4) is 0 Å². The fraction of sp³-hybridized carbons (Fsp3) is 0.875. The van der Waals surface area contributed by atoms with Crippen molar-refractivity contribution in [3.8, 4) is 0 Å². The maximum absolute atomic E-state index is 10.4. The van der Waals surface area contributed by atoms with E-state index in [1.807, 2.05) is 0 Å². The molecule has 1 heterocycles. The van der Waals surface area contributed by atoms with Gasteiger partial charge in [0.2, 0.25) is 0 Å². The fourth-order valence-electron chi connectivity index (χ4n) is 3.04. The van der Waals surface area contributed by atoms with Crippen molar-refractivity contribution in [3.05, 3.63) is 11.6 Å². The number of hydrogen-bond acceptors (Lipinski definition) is 7. The minimum Gasteiger partial charge on any atom is -0.394 e. The van der Waals surface area contributed by atoms with E-state index in [2.05, 4.69) is 13.8 Å². The number of allylic oxidation sites excluding steroid dienone is 1. The van der Waals surface area contributed by atoms with Crippen LogP contribution in [-0.2, 0) is 9.47 Å². The van der Waals surface area contributed by atoms with Gasteiger partial charge < -0.3 is 35.0 Å². The molecule has 0 bridgehead atoms. The standard InChI is InChI=1S/C16H28O7/c1-8(2)9-4-5-16(3,11(18)6-9)23-15-14(21)13(20)12(19)10(7-17)22-15/h6,8,10-15,17-21H,4-5,7H2,1-3H3/t10-,11-,12-,13+,14-,15+,16-/m1/s1. The lowest BCUT2D eigenvalue weighted by Crippen LogP contribution is -2.61. The third-order valence-corrected chi connectivity index (χ3v) is 4.88. The normalized spacial score (nSPS) is 45.2. The number of rotatable bonds is 4. The predicted octanol–water partition coefficient (Wildman–Crippen LogP) is -0.701. The van der Waals surface area contributed by atoms with Crippen LogP contribution in [0.2, 0.25) is 0 Å². The molecule has 23 heavy (non-hydrogen) atoms. The van der Waals surface area contributed by atoms with Gasteiger partial charge in [-0.05, 0) is 25.7 Å². The van der Waals surface area contributed by atoms with E-state index >= 15 is 0 Å². The van der Waals surface area contributed by atoms with E-state index in [1.165, 1.54) is 0 Å². The zero-order valence-corrected chi connectivity index (χ0v) is 13.8. The molecule has 134 valence electrons. The highest BCUT2D eigenvalue weighted by Crippen LogP contribution is 2.36. The molecule has 1 aliphatic carbocycles. The Kier molecular flexibility index (Phi) is 5.84. The first-order chi connectivity index (χ1) is 10.7. The van der Waals surface area contributed by atoms with Gasteiger partial charge in [-0.3, -0.25) is 0 Å². The van der Waals surface area contributed by atoms with Gasteiger partial charge in [-0.1, -0.05) is 25.5 Å². The highest BCUT2D eigenvalue weighted by atomic mass is 16.7.